The molecule has 1 aliphatic heterocycles. The summed E-state index contributed by atoms with van der Waals surface area (Å²) in [6, 6.07) is -2.53. The second kappa shape index (κ2) is 13.6. The minimum atomic E-state index is -4.93. The second-order valence-corrected chi connectivity index (χ2v) is 15.2. The van der Waals surface area contributed by atoms with Crippen LogP contribution in [0.4, 0.5) is 9.93 Å². The summed E-state index contributed by atoms with van der Waals surface area (Å²) in [5.41, 5.74) is 2.18. The first-order chi connectivity index (χ1) is 19.5. The van der Waals surface area contributed by atoms with Gasteiger partial charge in [0.25, 0.3) is 11.8 Å². The van der Waals surface area contributed by atoms with Crippen LogP contribution in [0.5, 0.6) is 0 Å². The second-order valence-electron chi connectivity index (χ2n) is 11.7. The van der Waals surface area contributed by atoms with E-state index < -0.39 is 68.8 Å². The number of nitrogen functional groups attached to an aromatic ring is 1. The number of esters is 1. The topological polar surface area (TPSA) is 229 Å². The van der Waals surface area contributed by atoms with Crippen LogP contribution in [0.1, 0.15) is 60.3 Å². The fraction of sp³-hybridized carbons (Fsp3) is 0.667. The van der Waals surface area contributed by atoms with Gasteiger partial charge in [-0.05, 0) is 55.4 Å². The highest BCUT2D eigenvalue weighted by atomic mass is 32.2. The average molecular weight is 667 g/mol. The molecule has 43 heavy (non-hydrogen) atoms. The lowest BCUT2D eigenvalue weighted by Gasteiger charge is -2.44. The Hall–Kier alpha value is -3.16. The van der Waals surface area contributed by atoms with Gasteiger partial charge in [-0.2, -0.15) is 20.2 Å². The molecule has 1 aromatic rings. The van der Waals surface area contributed by atoms with Gasteiger partial charge in [-0.25, -0.2) is 18.9 Å². The van der Waals surface area contributed by atoms with Crippen LogP contribution >= 0.6 is 23.1 Å². The number of anilines is 1. The van der Waals surface area contributed by atoms with Gasteiger partial charge in [0.05, 0.1) is 10.9 Å². The molecular weight excluding hydrogens is 628 g/mol. The van der Waals surface area contributed by atoms with Crippen molar-refractivity contribution in [3.8, 4) is 0 Å². The monoisotopic (exact) mass is 666 g/mol. The fourth-order valence-corrected chi connectivity index (χ4v) is 5.90. The Kier molecular flexibility index (Phi) is 11.4. The zero-order valence-electron chi connectivity index (χ0n) is 25.1. The maximum atomic E-state index is 13.3. The Morgan fingerprint density at radius 1 is 1.14 bits per heavy atom. The molecule has 0 saturated carbocycles. The normalized spacial score (nSPS) is 18.0. The highest BCUT2D eigenvalue weighted by Gasteiger charge is 2.54. The van der Waals surface area contributed by atoms with Crippen molar-refractivity contribution in [1.29, 1.82) is 0 Å². The molecule has 2 rings (SSSR count). The van der Waals surface area contributed by atoms with Gasteiger partial charge in [0.15, 0.2) is 10.8 Å². The molecule has 1 aliphatic rings. The number of oxime groups is 1. The number of rotatable bonds is 12. The maximum Gasteiger partial charge on any atom is 0.407 e. The lowest BCUT2D eigenvalue weighted by atomic mass is 10.0. The van der Waals surface area contributed by atoms with Crippen molar-refractivity contribution >= 4 is 68.1 Å². The molecule has 16 nitrogen and oxygen atoms in total. The number of β-lactam (4-membered cyclic amide) rings is 1. The Balaban J connectivity index is 2.18. The van der Waals surface area contributed by atoms with Crippen LogP contribution in [0.15, 0.2) is 11.4 Å². The number of alkyl carbamates (subject to hydrolysis) is 1. The molecule has 1 fully saturated rings. The number of thioether (sulfide) groups is 1. The van der Waals surface area contributed by atoms with E-state index in [0.717, 1.165) is 23.1 Å². The molecule has 0 aromatic carbocycles. The summed E-state index contributed by atoms with van der Waals surface area (Å²) in [5, 5.41) is 8.91. The minimum Gasteiger partial charge on any atom is -0.457 e. The van der Waals surface area contributed by atoms with E-state index in [4.69, 9.17) is 20.0 Å². The van der Waals surface area contributed by atoms with E-state index in [2.05, 4.69) is 20.8 Å². The SMILES string of the molecule is CC(C)(C)OC(=O)NCCSCC1C(NC(=O)/C(=N\OC(C)(C)C(=O)OC(C)(C)C)c2cnc(N)s2)C(=O)N1S(=O)(=O)O. The first-order valence-corrected chi connectivity index (χ1v) is 16.3. The largest absolute Gasteiger partial charge is 0.457 e. The number of nitrogens with one attached hydrogen (secondary N) is 2. The van der Waals surface area contributed by atoms with Crippen LogP contribution in [0.2, 0.25) is 0 Å². The van der Waals surface area contributed by atoms with Gasteiger partial charge < -0.3 is 30.7 Å². The molecule has 242 valence electrons. The number of hydrogen-bond donors (Lipinski definition) is 4. The van der Waals surface area contributed by atoms with Crippen LogP contribution in [-0.2, 0) is 39.0 Å². The van der Waals surface area contributed by atoms with Crippen molar-refractivity contribution in [2.24, 2.45) is 5.16 Å². The van der Waals surface area contributed by atoms with Gasteiger partial charge in [0.2, 0.25) is 5.60 Å². The van der Waals surface area contributed by atoms with E-state index >= 15 is 0 Å². The van der Waals surface area contributed by atoms with Crippen molar-refractivity contribution < 1.29 is 46.5 Å². The molecule has 2 unspecified atom stereocenters. The first-order valence-electron chi connectivity index (χ1n) is 12.9. The lowest BCUT2D eigenvalue weighted by Crippen LogP contribution is -2.73. The van der Waals surface area contributed by atoms with E-state index in [0.29, 0.717) is 5.75 Å². The molecule has 1 aromatic heterocycles. The quantitative estimate of drug-likeness (QED) is 0.0617. The molecule has 5 N–H and O–H groups in total. The molecule has 0 spiro atoms. The number of nitrogens with two attached hydrogens (primary N) is 1. The van der Waals surface area contributed by atoms with Crippen LogP contribution in [0.25, 0.3) is 0 Å². The standard InChI is InChI=1S/C24H38N6O10S3/c1-22(2,3)38-19(33)24(7,8)40-29-16(14-11-27-20(25)42-14)17(31)28-15-13(30(18(15)32)43(35,36)37)12-41-10-9-26-21(34)39-23(4,5)6/h11,13,15H,9-10,12H2,1-8H3,(H2,25,27)(H,26,34)(H,28,31)(H,35,36,37)/b29-16-. The third-order valence-electron chi connectivity index (χ3n) is 5.14. The molecule has 0 radical (unpaired) electrons. The smallest absolute Gasteiger partial charge is 0.407 e. The van der Waals surface area contributed by atoms with Crippen molar-refractivity contribution in [2.75, 3.05) is 23.8 Å². The predicted molar refractivity (Wildman–Crippen MR) is 160 cm³/mol. The number of amides is 3. The Bertz CT molecular complexity index is 1350. The van der Waals surface area contributed by atoms with E-state index in [-0.39, 0.29) is 26.6 Å². The summed E-state index contributed by atoms with van der Waals surface area (Å²) in [7, 11) is -4.93. The van der Waals surface area contributed by atoms with Gasteiger partial charge >= 0.3 is 22.4 Å². The van der Waals surface area contributed by atoms with Crippen LogP contribution in [0, 0.1) is 0 Å². The van der Waals surface area contributed by atoms with Crippen LogP contribution in [0.3, 0.4) is 0 Å². The third kappa shape index (κ3) is 10.8. The van der Waals surface area contributed by atoms with Crippen molar-refractivity contribution in [1.82, 2.24) is 19.9 Å². The zero-order valence-corrected chi connectivity index (χ0v) is 27.6. The van der Waals surface area contributed by atoms with Crippen LogP contribution in [-0.4, -0.2) is 98.8 Å². The highest BCUT2D eigenvalue weighted by Crippen LogP contribution is 2.27. The number of aromatic nitrogens is 1. The van der Waals surface area contributed by atoms with Gasteiger partial charge in [0, 0.05) is 24.2 Å². The van der Waals surface area contributed by atoms with E-state index in [1.165, 1.54) is 20.0 Å². The van der Waals surface area contributed by atoms with Gasteiger partial charge in [-0.1, -0.05) is 16.5 Å². The van der Waals surface area contributed by atoms with E-state index in [1.807, 2.05) is 0 Å². The van der Waals surface area contributed by atoms with E-state index in [1.54, 1.807) is 41.5 Å². The summed E-state index contributed by atoms with van der Waals surface area (Å²) >= 11 is 2.03. The van der Waals surface area contributed by atoms with Gasteiger partial charge in [-0.3, -0.25) is 14.1 Å². The van der Waals surface area contributed by atoms with Gasteiger partial charge in [0.1, 0.15) is 17.2 Å². The number of hydrogen-bond acceptors (Lipinski definition) is 14. The Morgan fingerprint density at radius 2 is 1.74 bits per heavy atom. The number of ether oxygens (including phenoxy) is 2. The molecule has 0 bridgehead atoms. The maximum absolute atomic E-state index is 13.3. The van der Waals surface area contributed by atoms with Crippen molar-refractivity contribution in [3.05, 3.63) is 11.1 Å². The summed E-state index contributed by atoms with van der Waals surface area (Å²) in [6.45, 7) is 13.1. The lowest BCUT2D eigenvalue weighted by molar-refractivity contribution is -0.179. The first kappa shape index (κ1) is 36.0. The molecule has 2 heterocycles. The molecule has 1 saturated heterocycles. The number of nitrogens with zero attached hydrogens (tertiary/aromatic N) is 3. The van der Waals surface area contributed by atoms with Crippen molar-refractivity contribution in [3.63, 3.8) is 0 Å². The summed E-state index contributed by atoms with van der Waals surface area (Å²) in [5.74, 6) is -2.53. The predicted octanol–water partition coefficient (Wildman–Crippen LogP) is 1.32. The fourth-order valence-electron chi connectivity index (χ4n) is 3.27. The molecule has 19 heteroatoms. The number of carbonyl (C=O) groups is 4. The molecule has 2 atom stereocenters. The van der Waals surface area contributed by atoms with Crippen molar-refractivity contribution in [2.45, 2.75) is 84.3 Å². The molecular formula is C24H38N6O10S3. The summed E-state index contributed by atoms with van der Waals surface area (Å²) in [6.07, 6.45) is 0.601. The Labute approximate surface area is 258 Å². The number of carbonyl (C=O) groups excluding carboxylic acids is 4. The summed E-state index contributed by atoms with van der Waals surface area (Å²) in [4.78, 5) is 59.8. The summed E-state index contributed by atoms with van der Waals surface area (Å²) < 4.78 is 44.0. The van der Waals surface area contributed by atoms with Gasteiger partial charge in [-0.15, -0.1) is 0 Å². The Morgan fingerprint density at radius 3 is 2.26 bits per heavy atom. The zero-order chi connectivity index (χ0) is 33.0. The molecule has 3 amide bonds. The average Bonchev–Trinajstić information content (AvgIpc) is 3.24. The third-order valence-corrected chi connectivity index (χ3v) is 7.99. The van der Waals surface area contributed by atoms with E-state index in [9.17, 15) is 32.1 Å². The number of thiazole rings is 1. The molecule has 0 aliphatic carbocycles. The minimum absolute atomic E-state index is 0.0331. The van der Waals surface area contributed by atoms with Crippen LogP contribution < -0.4 is 16.4 Å². The highest BCUT2D eigenvalue weighted by molar-refractivity contribution is 7.99.